The Morgan fingerprint density at radius 3 is 2.76 bits per heavy atom. The fraction of sp³-hybridized carbons (Fsp3) is 0.522. The summed E-state index contributed by atoms with van der Waals surface area (Å²) in [5.74, 6) is -0.635. The number of aliphatic hydroxyl groups excluding tert-OH is 1. The molecule has 1 fully saturated rings. The van der Waals surface area contributed by atoms with E-state index in [1.807, 2.05) is 13.0 Å². The Kier molecular flexibility index (Phi) is 10.0. The first kappa shape index (κ1) is 26.7. The molecule has 2 aromatic rings. The number of anilines is 1. The van der Waals surface area contributed by atoms with E-state index < -0.39 is 22.8 Å². The molecule has 2 atom stereocenters. The molecule has 8 nitrogen and oxygen atoms in total. The largest absolute Gasteiger partial charge is 0.461 e. The number of aliphatic hydroxyl groups is 1. The van der Waals surface area contributed by atoms with Crippen LogP contribution in [0.5, 0.6) is 0 Å². The molecule has 0 saturated heterocycles. The number of ether oxygens (including phenoxy) is 1. The fourth-order valence-electron chi connectivity index (χ4n) is 3.76. The van der Waals surface area contributed by atoms with Gasteiger partial charge in [-0.2, -0.15) is 0 Å². The molecule has 0 radical (unpaired) electrons. The second kappa shape index (κ2) is 12.7. The molecule has 1 unspecified atom stereocenters. The number of carbonyl (C=O) groups excluding carboxylic acids is 2. The van der Waals surface area contributed by atoms with E-state index in [1.54, 1.807) is 18.4 Å². The van der Waals surface area contributed by atoms with Gasteiger partial charge >= 0.3 is 5.97 Å². The number of hydrogen-bond donors (Lipinski definition) is 3. The highest BCUT2D eigenvalue weighted by molar-refractivity contribution is 7.84. The van der Waals surface area contributed by atoms with E-state index in [9.17, 15) is 18.9 Å². The van der Waals surface area contributed by atoms with Crippen molar-refractivity contribution in [3.63, 3.8) is 0 Å². The number of amides is 1. The first-order chi connectivity index (χ1) is 16.3. The SMILES string of the molecule is Cc1nc(NC(=O)CCCN[C@@H](CO)C(=O)OC2CCCC2)sc1-c1ccc(Cl)c(S(C)=O)c1. The van der Waals surface area contributed by atoms with Crippen LogP contribution < -0.4 is 10.6 Å². The van der Waals surface area contributed by atoms with Crippen molar-refractivity contribution in [3.05, 3.63) is 28.9 Å². The summed E-state index contributed by atoms with van der Waals surface area (Å²) in [5, 5.41) is 16.2. The third-order valence-corrected chi connectivity index (χ3v) is 8.09. The van der Waals surface area contributed by atoms with Crippen LogP contribution in [0.4, 0.5) is 5.13 Å². The van der Waals surface area contributed by atoms with Gasteiger partial charge in [-0.05, 0) is 63.3 Å². The van der Waals surface area contributed by atoms with E-state index in [0.29, 0.717) is 28.0 Å². The molecule has 11 heteroatoms. The second-order valence-electron chi connectivity index (χ2n) is 8.22. The summed E-state index contributed by atoms with van der Waals surface area (Å²) in [5.41, 5.74) is 1.59. The number of halogens is 1. The van der Waals surface area contributed by atoms with Gasteiger partial charge in [-0.15, -0.1) is 0 Å². The number of rotatable bonds is 11. The molecule has 1 amide bonds. The lowest BCUT2D eigenvalue weighted by molar-refractivity contribution is -0.152. The van der Waals surface area contributed by atoms with Crippen LogP contribution in [0.3, 0.4) is 0 Å². The van der Waals surface area contributed by atoms with Crippen molar-refractivity contribution in [2.24, 2.45) is 0 Å². The topological polar surface area (TPSA) is 118 Å². The normalized spacial score (nSPS) is 15.8. The van der Waals surface area contributed by atoms with Gasteiger partial charge in [-0.3, -0.25) is 13.8 Å². The van der Waals surface area contributed by atoms with Crippen molar-refractivity contribution in [2.45, 2.75) is 62.5 Å². The minimum atomic E-state index is -1.22. The van der Waals surface area contributed by atoms with E-state index in [2.05, 4.69) is 15.6 Å². The van der Waals surface area contributed by atoms with Gasteiger partial charge in [0, 0.05) is 12.7 Å². The van der Waals surface area contributed by atoms with Crippen LogP contribution in [0.15, 0.2) is 23.1 Å². The Labute approximate surface area is 210 Å². The Morgan fingerprint density at radius 2 is 2.09 bits per heavy atom. The number of esters is 1. The average Bonchev–Trinajstić information content (AvgIpc) is 3.43. The molecule has 0 bridgehead atoms. The van der Waals surface area contributed by atoms with Gasteiger partial charge in [-0.25, -0.2) is 4.98 Å². The molecule has 186 valence electrons. The van der Waals surface area contributed by atoms with Crippen LogP contribution in [-0.4, -0.2) is 57.7 Å². The third kappa shape index (κ3) is 7.32. The number of thiazole rings is 1. The van der Waals surface area contributed by atoms with Crippen LogP contribution in [-0.2, 0) is 25.1 Å². The summed E-state index contributed by atoms with van der Waals surface area (Å²) in [6.45, 7) is 1.89. The quantitative estimate of drug-likeness (QED) is 0.301. The Bertz CT molecular complexity index is 1040. The monoisotopic (exact) mass is 527 g/mol. The van der Waals surface area contributed by atoms with E-state index in [1.165, 1.54) is 11.3 Å². The number of aromatic nitrogens is 1. The van der Waals surface area contributed by atoms with Gasteiger partial charge in [-0.1, -0.05) is 29.0 Å². The molecule has 1 saturated carbocycles. The van der Waals surface area contributed by atoms with Gasteiger partial charge in [0.1, 0.15) is 12.1 Å². The highest BCUT2D eigenvalue weighted by Crippen LogP contribution is 2.35. The zero-order valence-corrected chi connectivity index (χ0v) is 21.7. The molecule has 1 heterocycles. The number of carbonyl (C=O) groups is 2. The maximum atomic E-state index is 12.4. The minimum absolute atomic E-state index is 0.0515. The first-order valence-electron chi connectivity index (χ1n) is 11.2. The lowest BCUT2D eigenvalue weighted by atomic mass is 10.2. The predicted molar refractivity (Wildman–Crippen MR) is 135 cm³/mol. The Morgan fingerprint density at radius 1 is 1.35 bits per heavy atom. The number of aryl methyl sites for hydroxylation is 1. The van der Waals surface area contributed by atoms with Crippen molar-refractivity contribution in [2.75, 3.05) is 24.7 Å². The van der Waals surface area contributed by atoms with Gasteiger partial charge < -0.3 is 20.5 Å². The summed E-state index contributed by atoms with van der Waals surface area (Å²) < 4.78 is 17.3. The number of nitrogens with zero attached hydrogens (tertiary/aromatic N) is 1. The minimum Gasteiger partial charge on any atom is -0.461 e. The summed E-state index contributed by atoms with van der Waals surface area (Å²) in [4.78, 5) is 30.4. The van der Waals surface area contributed by atoms with Gasteiger partial charge in [0.15, 0.2) is 5.13 Å². The van der Waals surface area contributed by atoms with Crippen LogP contribution in [0.2, 0.25) is 5.02 Å². The van der Waals surface area contributed by atoms with Crippen LogP contribution in [0.1, 0.15) is 44.2 Å². The standard InChI is InChI=1S/C23H30ClN3O5S2/c1-14-21(15-9-10-17(24)19(12-15)34(2)31)33-23(26-14)27-20(29)8-5-11-25-18(13-28)22(30)32-16-6-3-4-7-16/h9-10,12,16,18,25,28H,3-8,11,13H2,1-2H3,(H,26,27,29)/t18-,34?/m0/s1. The molecule has 34 heavy (non-hydrogen) atoms. The molecular formula is C23H30ClN3O5S2. The van der Waals surface area contributed by atoms with Crippen molar-refractivity contribution in [1.29, 1.82) is 0 Å². The van der Waals surface area contributed by atoms with E-state index in [4.69, 9.17) is 16.3 Å². The average molecular weight is 528 g/mol. The second-order valence-corrected chi connectivity index (χ2v) is 11.0. The highest BCUT2D eigenvalue weighted by atomic mass is 35.5. The Hall–Kier alpha value is -1.85. The summed E-state index contributed by atoms with van der Waals surface area (Å²) in [6.07, 6.45) is 6.11. The van der Waals surface area contributed by atoms with Crippen LogP contribution >= 0.6 is 22.9 Å². The number of hydrogen-bond acceptors (Lipinski definition) is 8. The third-order valence-electron chi connectivity index (χ3n) is 5.57. The Balaban J connectivity index is 1.47. The molecule has 1 aromatic heterocycles. The van der Waals surface area contributed by atoms with Gasteiger partial charge in [0.25, 0.3) is 0 Å². The van der Waals surface area contributed by atoms with E-state index >= 15 is 0 Å². The maximum Gasteiger partial charge on any atom is 0.325 e. The fourth-order valence-corrected chi connectivity index (χ4v) is 5.82. The molecular weight excluding hydrogens is 498 g/mol. The molecule has 0 aliphatic heterocycles. The molecule has 1 aliphatic rings. The predicted octanol–water partition coefficient (Wildman–Crippen LogP) is 3.66. The molecule has 3 N–H and O–H groups in total. The molecule has 1 aromatic carbocycles. The van der Waals surface area contributed by atoms with Gasteiger partial charge in [0.2, 0.25) is 5.91 Å². The molecule has 0 spiro atoms. The highest BCUT2D eigenvalue weighted by Gasteiger charge is 2.24. The molecule has 1 aliphatic carbocycles. The summed E-state index contributed by atoms with van der Waals surface area (Å²) in [6, 6.07) is 4.55. The van der Waals surface area contributed by atoms with Crippen LogP contribution in [0.25, 0.3) is 10.4 Å². The van der Waals surface area contributed by atoms with Crippen molar-refractivity contribution < 1.29 is 23.6 Å². The maximum absolute atomic E-state index is 12.4. The zero-order valence-electron chi connectivity index (χ0n) is 19.3. The summed E-state index contributed by atoms with van der Waals surface area (Å²) in [7, 11) is -1.22. The smallest absolute Gasteiger partial charge is 0.325 e. The lowest BCUT2D eigenvalue weighted by Crippen LogP contribution is -2.42. The summed E-state index contributed by atoms with van der Waals surface area (Å²) >= 11 is 7.47. The molecule has 3 rings (SSSR count). The van der Waals surface area contributed by atoms with E-state index in [-0.39, 0.29) is 25.0 Å². The van der Waals surface area contributed by atoms with Crippen LogP contribution in [0, 0.1) is 6.92 Å². The van der Waals surface area contributed by atoms with Crippen molar-refractivity contribution in [1.82, 2.24) is 10.3 Å². The van der Waals surface area contributed by atoms with Crippen molar-refractivity contribution >= 4 is 50.7 Å². The van der Waals surface area contributed by atoms with Gasteiger partial charge in [0.05, 0.1) is 37.9 Å². The number of nitrogens with one attached hydrogen (secondary N) is 2. The first-order valence-corrected chi connectivity index (χ1v) is 14.0. The lowest BCUT2D eigenvalue weighted by Gasteiger charge is -2.18. The zero-order chi connectivity index (χ0) is 24.7. The van der Waals surface area contributed by atoms with E-state index in [0.717, 1.165) is 41.8 Å². The van der Waals surface area contributed by atoms with Crippen molar-refractivity contribution in [3.8, 4) is 10.4 Å². The number of benzene rings is 1.